The van der Waals surface area contributed by atoms with Gasteiger partial charge in [0.2, 0.25) is 5.89 Å². The summed E-state index contributed by atoms with van der Waals surface area (Å²) >= 11 is 0. The van der Waals surface area contributed by atoms with Gasteiger partial charge in [-0.25, -0.2) is 4.39 Å². The zero-order chi connectivity index (χ0) is 18.8. The van der Waals surface area contributed by atoms with E-state index in [9.17, 15) is 4.39 Å². The topological polar surface area (TPSA) is 60.2 Å². The second-order valence-corrected chi connectivity index (χ2v) is 8.13. The van der Waals surface area contributed by atoms with Crippen LogP contribution in [-0.4, -0.2) is 29.4 Å². The lowest BCUT2D eigenvalue weighted by Gasteiger charge is -2.40. The fourth-order valence-electron chi connectivity index (χ4n) is 4.13. The number of halogens is 1. The van der Waals surface area contributed by atoms with Crippen molar-refractivity contribution in [2.24, 2.45) is 5.92 Å². The van der Waals surface area contributed by atoms with Crippen molar-refractivity contribution in [3.8, 4) is 0 Å². The van der Waals surface area contributed by atoms with Crippen LogP contribution < -0.4 is 5.32 Å². The van der Waals surface area contributed by atoms with Crippen LogP contribution in [0.1, 0.15) is 74.7 Å². The molecule has 1 saturated carbocycles. The molecule has 2 heterocycles. The lowest BCUT2D eigenvalue weighted by Crippen LogP contribution is -2.45. The highest BCUT2D eigenvalue weighted by atomic mass is 19.1. The molecule has 6 heteroatoms. The molecule has 2 aromatic rings. The first-order valence-corrected chi connectivity index (χ1v) is 10.0. The zero-order valence-electron chi connectivity index (χ0n) is 16.0. The van der Waals surface area contributed by atoms with Gasteiger partial charge in [-0.1, -0.05) is 37.2 Å². The minimum atomic E-state index is -0.0968. The average molecular weight is 373 g/mol. The van der Waals surface area contributed by atoms with Crippen molar-refractivity contribution in [2.75, 3.05) is 13.2 Å². The predicted molar refractivity (Wildman–Crippen MR) is 100.0 cm³/mol. The summed E-state index contributed by atoms with van der Waals surface area (Å²) in [6, 6.07) is 7.50. The minimum Gasteiger partial charge on any atom is -0.381 e. The summed E-state index contributed by atoms with van der Waals surface area (Å²) in [6.45, 7) is 5.68. The van der Waals surface area contributed by atoms with Gasteiger partial charge < -0.3 is 14.6 Å². The Labute approximate surface area is 159 Å². The summed E-state index contributed by atoms with van der Waals surface area (Å²) in [4.78, 5) is 4.65. The van der Waals surface area contributed by atoms with Crippen molar-refractivity contribution >= 4 is 0 Å². The first kappa shape index (κ1) is 18.6. The van der Waals surface area contributed by atoms with Gasteiger partial charge in [0.05, 0.1) is 6.04 Å². The van der Waals surface area contributed by atoms with Crippen LogP contribution in [0.15, 0.2) is 28.8 Å². The van der Waals surface area contributed by atoms with Crippen LogP contribution in [0.2, 0.25) is 0 Å². The number of rotatable bonds is 6. The van der Waals surface area contributed by atoms with E-state index in [-0.39, 0.29) is 23.7 Å². The third-order valence-corrected chi connectivity index (χ3v) is 5.88. The lowest BCUT2D eigenvalue weighted by molar-refractivity contribution is 0.0435. The Bertz CT molecular complexity index is 751. The molecule has 0 radical (unpaired) electrons. The normalized spacial score (nSPS) is 24.7. The summed E-state index contributed by atoms with van der Waals surface area (Å²) in [5.41, 5.74) is 0.832. The van der Waals surface area contributed by atoms with Crippen LogP contribution in [-0.2, 0) is 4.74 Å². The van der Waals surface area contributed by atoms with Gasteiger partial charge in [-0.05, 0) is 49.1 Å². The van der Waals surface area contributed by atoms with Crippen molar-refractivity contribution in [1.82, 2.24) is 15.5 Å². The van der Waals surface area contributed by atoms with E-state index in [0.717, 1.165) is 50.3 Å². The molecule has 5 nitrogen and oxygen atoms in total. The van der Waals surface area contributed by atoms with Crippen LogP contribution in [0.4, 0.5) is 4.39 Å². The number of nitrogens with zero attached hydrogens (tertiary/aromatic N) is 2. The number of ether oxygens (including phenoxy) is 1. The van der Waals surface area contributed by atoms with Gasteiger partial charge in [0.1, 0.15) is 5.82 Å². The van der Waals surface area contributed by atoms with E-state index in [0.29, 0.717) is 17.9 Å². The molecule has 27 heavy (non-hydrogen) atoms. The molecule has 146 valence electrons. The van der Waals surface area contributed by atoms with Gasteiger partial charge in [0.15, 0.2) is 5.82 Å². The maximum atomic E-state index is 14.0. The van der Waals surface area contributed by atoms with Gasteiger partial charge in [-0.2, -0.15) is 4.98 Å². The van der Waals surface area contributed by atoms with Crippen LogP contribution in [0.3, 0.4) is 0 Å². The summed E-state index contributed by atoms with van der Waals surface area (Å²) in [5.74, 6) is 2.29. The molecule has 4 rings (SSSR count). The van der Waals surface area contributed by atoms with E-state index in [1.54, 1.807) is 12.1 Å². The third kappa shape index (κ3) is 4.06. The van der Waals surface area contributed by atoms with Crippen molar-refractivity contribution < 1.29 is 13.7 Å². The Balaban J connectivity index is 1.44. The highest BCUT2D eigenvalue weighted by Crippen LogP contribution is 2.40. The summed E-state index contributed by atoms with van der Waals surface area (Å²) in [6.07, 6.45) is 3.85. The Morgan fingerprint density at radius 3 is 2.56 bits per heavy atom. The fourth-order valence-corrected chi connectivity index (χ4v) is 4.13. The maximum Gasteiger partial charge on any atom is 0.244 e. The number of aromatic nitrogens is 2. The number of hydrogen-bond acceptors (Lipinski definition) is 5. The molecule has 2 fully saturated rings. The second kappa shape index (κ2) is 8.07. The molecule has 1 aromatic carbocycles. The first-order valence-electron chi connectivity index (χ1n) is 10.0. The van der Waals surface area contributed by atoms with Crippen LogP contribution in [0, 0.1) is 11.7 Å². The molecule has 0 bridgehead atoms. The lowest BCUT2D eigenvalue weighted by atomic mass is 9.75. The van der Waals surface area contributed by atoms with E-state index in [1.165, 1.54) is 0 Å². The van der Waals surface area contributed by atoms with Gasteiger partial charge >= 0.3 is 0 Å². The summed E-state index contributed by atoms with van der Waals surface area (Å²) < 4.78 is 25.2. The Kier molecular flexibility index (Phi) is 5.55. The number of benzene rings is 1. The molecular weight excluding hydrogens is 345 g/mol. The molecule has 0 amide bonds. The van der Waals surface area contributed by atoms with Gasteiger partial charge in [0, 0.05) is 25.2 Å². The van der Waals surface area contributed by atoms with Crippen LogP contribution >= 0.6 is 0 Å². The number of nitrogens with one attached hydrogen (secondary N) is 1. The molecule has 1 unspecified atom stereocenters. The quantitative estimate of drug-likeness (QED) is 0.816. The predicted octanol–water partition coefficient (Wildman–Crippen LogP) is 4.34. The van der Waals surface area contributed by atoms with Gasteiger partial charge in [0.25, 0.3) is 0 Å². The summed E-state index contributed by atoms with van der Waals surface area (Å²) in [5, 5.41) is 7.89. The van der Waals surface area contributed by atoms with Crippen molar-refractivity contribution in [3.63, 3.8) is 0 Å². The highest BCUT2D eigenvalue weighted by Gasteiger charge is 2.37. The zero-order valence-corrected chi connectivity index (χ0v) is 16.0. The Morgan fingerprint density at radius 2 is 1.89 bits per heavy atom. The SMILES string of the molecule is CC(C)c1noc(C(NC2CC(c3ccccc3F)C2)C2CCOCC2)n1. The summed E-state index contributed by atoms with van der Waals surface area (Å²) in [7, 11) is 0. The van der Waals surface area contributed by atoms with E-state index >= 15 is 0 Å². The van der Waals surface area contributed by atoms with Crippen LogP contribution in [0.5, 0.6) is 0 Å². The molecule has 1 saturated heterocycles. The van der Waals surface area contributed by atoms with Crippen LogP contribution in [0.25, 0.3) is 0 Å². The molecular formula is C21H28FN3O2. The highest BCUT2D eigenvalue weighted by molar-refractivity contribution is 5.25. The van der Waals surface area contributed by atoms with E-state index in [2.05, 4.69) is 29.3 Å². The third-order valence-electron chi connectivity index (χ3n) is 5.88. The van der Waals surface area contributed by atoms with Crippen molar-refractivity contribution in [3.05, 3.63) is 47.4 Å². The standard InChI is InChI=1S/C21H28FN3O2/c1-13(2)20-24-21(27-25-20)19(14-7-9-26-10-8-14)23-16-11-15(12-16)17-5-3-4-6-18(17)22/h3-6,13-16,19,23H,7-12H2,1-2H3. The van der Waals surface area contributed by atoms with E-state index < -0.39 is 0 Å². The monoisotopic (exact) mass is 373 g/mol. The van der Waals surface area contributed by atoms with E-state index in [4.69, 9.17) is 9.26 Å². The molecule has 1 N–H and O–H groups in total. The molecule has 2 aliphatic rings. The average Bonchev–Trinajstić information content (AvgIpc) is 3.13. The fraction of sp³-hybridized carbons (Fsp3) is 0.619. The maximum absolute atomic E-state index is 14.0. The Hall–Kier alpha value is -1.79. The molecule has 1 aromatic heterocycles. The van der Waals surface area contributed by atoms with Gasteiger partial charge in [-0.15, -0.1) is 0 Å². The molecule has 1 atom stereocenters. The van der Waals surface area contributed by atoms with Crippen molar-refractivity contribution in [1.29, 1.82) is 0 Å². The second-order valence-electron chi connectivity index (χ2n) is 8.13. The molecule has 0 spiro atoms. The Morgan fingerprint density at radius 1 is 1.15 bits per heavy atom. The smallest absolute Gasteiger partial charge is 0.244 e. The van der Waals surface area contributed by atoms with Gasteiger partial charge in [-0.3, -0.25) is 0 Å². The molecule has 1 aliphatic carbocycles. The minimum absolute atomic E-state index is 0.0421. The number of hydrogen-bond donors (Lipinski definition) is 1. The van der Waals surface area contributed by atoms with E-state index in [1.807, 2.05) is 12.1 Å². The van der Waals surface area contributed by atoms with Crippen molar-refractivity contribution in [2.45, 2.75) is 63.5 Å². The molecule has 1 aliphatic heterocycles. The largest absolute Gasteiger partial charge is 0.381 e. The first-order chi connectivity index (χ1) is 13.1.